The molecule has 8 aliphatic rings. The van der Waals surface area contributed by atoms with E-state index in [9.17, 15) is 49.5 Å². The van der Waals surface area contributed by atoms with Crippen molar-refractivity contribution < 1.29 is 90.3 Å². The molecule has 0 unspecified atom stereocenters. The van der Waals surface area contributed by atoms with Crippen molar-refractivity contribution in [2.45, 2.75) is 193 Å². The zero-order valence-electron chi connectivity index (χ0n) is 77.2. The maximum absolute atomic E-state index is 13.4. The molecule has 3 N–H and O–H groups in total. The highest BCUT2D eigenvalue weighted by atomic mass is 32.2. The first kappa shape index (κ1) is 94.9. The number of aliphatic hydroxyl groups is 1. The number of aromatic nitrogens is 4. The number of hydrogen-bond acceptors (Lipinski definition) is 23. The summed E-state index contributed by atoms with van der Waals surface area (Å²) in [5.41, 5.74) is 15.1. The number of nitrogens with one attached hydrogen (secondary N) is 2. The fraction of sp³-hybridized carbons (Fsp3) is 0.327. The smallest absolute Gasteiger partial charge is 0.242 e. The summed E-state index contributed by atoms with van der Waals surface area (Å²) >= 11 is 0. The molecule has 4 aliphatic carbocycles. The Morgan fingerprint density at radius 3 is 1.07 bits per heavy atom. The van der Waals surface area contributed by atoms with Gasteiger partial charge in [-0.2, -0.15) is 0 Å². The molecule has 8 aromatic carbocycles. The number of aliphatic hydroxyl groups excluding tert-OH is 1. The van der Waals surface area contributed by atoms with Gasteiger partial charge in [-0.3, -0.25) is 39.1 Å². The fourth-order valence-corrected chi connectivity index (χ4v) is 21.5. The standard InChI is InChI=1S/C28H30N2O5S.C27H28N2O6S.C26H26N2O5S.C26H25NO3.2H2/c1-3-4-16-30(2)36(32,33)23-11-8-20(9-12-23)24-7-5-6-22(29-24)18-27(31)28(14-15-28)21-10-13-25-26(17-21)35-19-34-25;1-2-20(16-30)29-36(32,33)22-9-6-18(7-10-22)23-5-3-4-21(28-23)15-26(31)27(12-13-27)19-8-11-24-25(14-19)35-17-34-24;1-17(2)28-34(30,31)21-9-6-18(7-10-21)22-5-3-4-20(27-22)15-25(29)26(12-13-26)19-8-11-23-24(14-19)33-16-32-23;1-16-4-6-19(7-5-16)21-14-27-22(18(3)17(21)2)13-25(28)26(10-11-26)20-8-9-23-24(12-20)30-15-29-23;;/h5-13,17H,3-4,14-16,18-19H2,1-2H3;3-11,14,20,29-30H,2,12-13,15-17H2,1H3;3-11,14,17,28H,12-13,15-16H2,1-2H3;4-9,12,14H,10-11,13,15H2,1-3H3;2*1H/t;20-;;;;/m.1..../s1. The lowest BCUT2D eigenvalue weighted by molar-refractivity contribution is -0.121. The van der Waals surface area contributed by atoms with Crippen LogP contribution in [0, 0.1) is 20.8 Å². The zero-order chi connectivity index (χ0) is 95.5. The van der Waals surface area contributed by atoms with Crippen LogP contribution in [0.1, 0.15) is 163 Å². The number of pyridine rings is 4. The number of hydrogen-bond donors (Lipinski definition) is 3. The Labute approximate surface area is 796 Å². The van der Waals surface area contributed by atoms with Crippen LogP contribution >= 0.6 is 0 Å². The summed E-state index contributed by atoms with van der Waals surface area (Å²) < 4.78 is 126. The average molecular weight is 1900 g/mol. The van der Waals surface area contributed by atoms with E-state index < -0.39 is 57.8 Å². The molecule has 0 spiro atoms. The van der Waals surface area contributed by atoms with Crippen LogP contribution in [0.2, 0.25) is 0 Å². The van der Waals surface area contributed by atoms with Crippen LogP contribution in [0.3, 0.4) is 0 Å². The second-order valence-electron chi connectivity index (χ2n) is 36.2. The molecule has 0 saturated heterocycles. The van der Waals surface area contributed by atoms with E-state index in [4.69, 9.17) is 47.9 Å². The third kappa shape index (κ3) is 20.5. The van der Waals surface area contributed by atoms with Crippen molar-refractivity contribution in [2.75, 3.05) is 47.4 Å². The van der Waals surface area contributed by atoms with E-state index >= 15 is 0 Å². The van der Waals surface area contributed by atoms with Crippen LogP contribution in [-0.2, 0) is 96.6 Å². The Balaban J connectivity index is 0.000000139. The zero-order valence-corrected chi connectivity index (χ0v) is 79.6. The summed E-state index contributed by atoms with van der Waals surface area (Å²) in [6, 6.07) is 67.3. The third-order valence-corrected chi connectivity index (χ3v) is 31.8. The number of ketones is 4. The lowest BCUT2D eigenvalue weighted by Crippen LogP contribution is -2.36. The Morgan fingerprint density at radius 1 is 0.412 bits per heavy atom. The number of fused-ring (bicyclic) bond motifs is 4. The number of aryl methyl sites for hydroxylation is 1. The second-order valence-corrected chi connectivity index (χ2v) is 41.7. The van der Waals surface area contributed by atoms with E-state index in [1.165, 1.54) is 27.6 Å². The predicted molar refractivity (Wildman–Crippen MR) is 518 cm³/mol. The fourth-order valence-electron chi connectivity index (χ4n) is 17.7. The average Bonchev–Trinajstić information content (AvgIpc) is 1.60. The number of unbranched alkanes of at least 4 members (excludes halogenated alkanes) is 1. The monoisotopic (exact) mass is 1900 g/mol. The SMILES string of the molecule is CC(C)NS(=O)(=O)c1ccc(-c2cccc(CC(=O)C3(c4ccc5c(c4)OCO5)CC3)n2)cc1.CCCCN(C)S(=O)(=O)c1ccc(-c2cccc(CC(=O)C3(c4ccc5c(c4)OCO5)CC3)n2)cc1.CC[C@H](CO)NS(=O)(=O)c1ccc(-c2cccc(CC(=O)C3(c4ccc5c(c4)OCO5)CC3)n2)cc1.Cc1ccc(-c2cnc(CC(=O)C3(c4ccc5c(c4)OCO5)CC3)c(C)c2C)cc1.[HH].[HH]. The maximum Gasteiger partial charge on any atom is 0.242 e. The number of ether oxygens (including phenoxy) is 8. The number of carbonyl (C=O) groups excluding carboxylic acids is 4. The topological polar surface area (TPSA) is 344 Å². The Morgan fingerprint density at radius 2 is 0.743 bits per heavy atom. The Kier molecular flexibility index (Phi) is 27.5. The van der Waals surface area contributed by atoms with Crippen molar-refractivity contribution in [3.8, 4) is 90.9 Å². The van der Waals surface area contributed by atoms with Gasteiger partial charge in [-0.05, 0) is 259 Å². The van der Waals surface area contributed by atoms with Crippen molar-refractivity contribution in [1.29, 1.82) is 0 Å². The number of sulfonamides is 3. The van der Waals surface area contributed by atoms with Crippen molar-refractivity contribution >= 4 is 53.2 Å². The molecule has 8 heterocycles. The van der Waals surface area contributed by atoms with E-state index in [0.717, 1.165) is 137 Å². The first-order valence-electron chi connectivity index (χ1n) is 46.0. The summed E-state index contributed by atoms with van der Waals surface area (Å²) in [6.45, 7) is 14.7. The minimum atomic E-state index is -3.74. The first-order valence-corrected chi connectivity index (χ1v) is 50.4. The highest BCUT2D eigenvalue weighted by Gasteiger charge is 2.54. The van der Waals surface area contributed by atoms with Gasteiger partial charge in [-0.15, -0.1) is 0 Å². The molecule has 20 rings (SSSR count). The van der Waals surface area contributed by atoms with E-state index in [1.807, 2.05) is 141 Å². The summed E-state index contributed by atoms with van der Waals surface area (Å²) in [5, 5.41) is 9.30. The summed E-state index contributed by atoms with van der Waals surface area (Å²) in [5.74, 6) is 6.29. The highest BCUT2D eigenvalue weighted by Crippen LogP contribution is 2.56. The quantitative estimate of drug-likeness (QED) is 0.0344. The molecule has 0 bridgehead atoms. The summed E-state index contributed by atoms with van der Waals surface area (Å²) in [6.07, 6.45) is 11.8. The molecule has 1 atom stereocenters. The van der Waals surface area contributed by atoms with E-state index in [-0.39, 0.29) is 99.8 Å². The molecule has 708 valence electrons. The van der Waals surface area contributed by atoms with Crippen LogP contribution in [0.4, 0.5) is 0 Å². The van der Waals surface area contributed by atoms with E-state index in [1.54, 1.807) is 88.5 Å². The molecule has 29 heteroatoms. The van der Waals surface area contributed by atoms with Gasteiger partial charge in [0.15, 0.2) is 46.0 Å². The van der Waals surface area contributed by atoms with Crippen LogP contribution in [-0.4, -0.2) is 137 Å². The summed E-state index contributed by atoms with van der Waals surface area (Å²) in [4.78, 5) is 72.7. The van der Waals surface area contributed by atoms with Crippen LogP contribution in [0.5, 0.6) is 46.0 Å². The predicted octanol–water partition coefficient (Wildman–Crippen LogP) is 17.9. The van der Waals surface area contributed by atoms with Crippen LogP contribution in [0.15, 0.2) is 245 Å². The van der Waals surface area contributed by atoms with E-state index in [2.05, 4.69) is 64.4 Å². The minimum absolute atomic E-state index is 0. The van der Waals surface area contributed by atoms with Crippen molar-refractivity contribution in [2.24, 2.45) is 0 Å². The van der Waals surface area contributed by atoms with Gasteiger partial charge in [0.1, 0.15) is 23.1 Å². The molecular formula is C107H113N7O19S3. The van der Waals surface area contributed by atoms with Crippen LogP contribution < -0.4 is 47.3 Å². The lowest BCUT2D eigenvalue weighted by atomic mass is 9.87. The molecule has 0 radical (unpaired) electrons. The van der Waals surface area contributed by atoms with Gasteiger partial charge >= 0.3 is 0 Å². The van der Waals surface area contributed by atoms with Crippen molar-refractivity contribution in [1.82, 2.24) is 33.7 Å². The molecular weight excluding hydrogens is 1780 g/mol. The van der Waals surface area contributed by atoms with Gasteiger partial charge in [0.05, 0.1) is 65.7 Å². The molecule has 4 aromatic heterocycles. The molecule has 12 aromatic rings. The normalized spacial score (nSPS) is 16.0. The number of nitrogens with zero attached hydrogens (tertiary/aromatic N) is 5. The largest absolute Gasteiger partial charge is 0.454 e. The van der Waals surface area contributed by atoms with Crippen molar-refractivity contribution in [3.05, 3.63) is 292 Å². The first-order chi connectivity index (χ1) is 65.4. The van der Waals surface area contributed by atoms with Gasteiger partial charge in [-0.1, -0.05) is 129 Å². The number of benzene rings is 8. The number of carbonyl (C=O) groups is 4. The third-order valence-electron chi connectivity index (χ3n) is 26.8. The molecule has 4 fully saturated rings. The van der Waals surface area contributed by atoms with Gasteiger partial charge in [0.25, 0.3) is 0 Å². The maximum atomic E-state index is 13.4. The van der Waals surface area contributed by atoms with Gasteiger partial charge in [0, 0.05) is 99.7 Å². The van der Waals surface area contributed by atoms with Gasteiger partial charge in [0.2, 0.25) is 57.2 Å². The van der Waals surface area contributed by atoms with E-state index in [0.29, 0.717) is 88.0 Å². The molecule has 26 nitrogen and oxygen atoms in total. The number of Topliss-reactive ketones (excluding diaryl/α,β-unsaturated/α-hetero) is 4. The lowest BCUT2D eigenvalue weighted by Gasteiger charge is -2.17. The Bertz CT molecular complexity index is 6910. The van der Waals surface area contributed by atoms with Gasteiger partial charge in [-0.25, -0.2) is 39.0 Å². The Hall–Kier alpha value is -12.9. The number of rotatable bonds is 33. The van der Waals surface area contributed by atoms with Crippen molar-refractivity contribution in [3.63, 3.8) is 0 Å². The molecule has 0 amide bonds. The molecule has 4 saturated carbocycles. The highest BCUT2D eigenvalue weighted by molar-refractivity contribution is 7.90. The van der Waals surface area contributed by atoms with Crippen LogP contribution in [0.25, 0.3) is 44.9 Å². The summed E-state index contributed by atoms with van der Waals surface area (Å²) in [7, 11) is -9.21. The molecule has 4 aliphatic heterocycles. The minimum Gasteiger partial charge on any atom is -0.454 e. The second kappa shape index (κ2) is 39.4. The van der Waals surface area contributed by atoms with Gasteiger partial charge < -0.3 is 43.0 Å². The molecule has 136 heavy (non-hydrogen) atoms.